The summed E-state index contributed by atoms with van der Waals surface area (Å²) in [6, 6.07) is 23.8. The molecule has 206 valence electrons. The molecular weight excluding hydrogens is 526 g/mol. The molecule has 2 aromatic heterocycles. The quantitative estimate of drug-likeness (QED) is 0.206. The van der Waals surface area contributed by atoms with Gasteiger partial charge in [-0.25, -0.2) is 9.61 Å². The first-order chi connectivity index (χ1) is 20.1. The Morgan fingerprint density at radius 2 is 1.66 bits per heavy atom. The summed E-state index contributed by atoms with van der Waals surface area (Å²) in [5.74, 6) is -0.511. The molecule has 11 nitrogen and oxygen atoms in total. The molecular formula is C30H25N5O6. The lowest BCUT2D eigenvalue weighted by atomic mass is 10.0. The Hall–Kier alpha value is -5.31. The van der Waals surface area contributed by atoms with Gasteiger partial charge in [-0.2, -0.15) is 5.26 Å². The van der Waals surface area contributed by atoms with E-state index < -0.39 is 18.6 Å². The van der Waals surface area contributed by atoms with Crippen molar-refractivity contribution in [3.8, 4) is 28.7 Å². The first-order valence-corrected chi connectivity index (χ1v) is 12.7. The van der Waals surface area contributed by atoms with Gasteiger partial charge in [-0.05, 0) is 50.8 Å². The first kappa shape index (κ1) is 27.3. The molecule has 0 spiro atoms. The van der Waals surface area contributed by atoms with Crippen LogP contribution in [0.15, 0.2) is 83.6 Å². The zero-order chi connectivity index (χ0) is 28.6. The predicted octanol–water partition coefficient (Wildman–Crippen LogP) is 3.85. The second-order valence-electron chi connectivity index (χ2n) is 9.07. The van der Waals surface area contributed by atoms with E-state index in [1.807, 2.05) is 60.7 Å². The highest BCUT2D eigenvalue weighted by Crippen LogP contribution is 2.35. The second kappa shape index (κ2) is 12.7. The fourth-order valence-electron chi connectivity index (χ4n) is 4.22. The van der Waals surface area contributed by atoms with Crippen LogP contribution in [0.4, 0.5) is 0 Å². The van der Waals surface area contributed by atoms with Crippen LogP contribution >= 0.6 is 0 Å². The molecule has 2 heterocycles. The maximum absolute atomic E-state index is 11.5. The summed E-state index contributed by atoms with van der Waals surface area (Å²) >= 11 is 0. The molecule has 5 aromatic rings. The molecule has 0 fully saturated rings. The Morgan fingerprint density at radius 1 is 0.927 bits per heavy atom. The van der Waals surface area contributed by atoms with E-state index in [9.17, 15) is 20.3 Å². The van der Waals surface area contributed by atoms with Crippen LogP contribution < -0.4 is 14.8 Å². The summed E-state index contributed by atoms with van der Waals surface area (Å²) in [5.41, 5.74) is 5.13. The highest BCUT2D eigenvalue weighted by Gasteiger charge is 2.22. The first-order valence-electron chi connectivity index (χ1n) is 12.7. The van der Waals surface area contributed by atoms with Crippen LogP contribution in [0.2, 0.25) is 0 Å². The van der Waals surface area contributed by atoms with E-state index in [4.69, 9.17) is 14.1 Å². The molecule has 3 aromatic carbocycles. The largest absolute Gasteiger partial charge is 0.488 e. The normalized spacial score (nSPS) is 11.6. The minimum Gasteiger partial charge on any atom is -0.488 e. The number of aliphatic carboxylic acids is 1. The molecule has 0 amide bonds. The van der Waals surface area contributed by atoms with Crippen molar-refractivity contribution in [2.24, 2.45) is 0 Å². The topological polar surface area (TPSA) is 164 Å². The SMILES string of the molecule is N#Cc1cc(COc2cc(OCc3cccc(-c4ccccc4)c3)c3nonc3c2CNC(CO)C(=O)O)ccn1. The minimum atomic E-state index is -1.21. The second-order valence-corrected chi connectivity index (χ2v) is 9.07. The van der Waals surface area contributed by atoms with Crippen LogP contribution in [0.5, 0.6) is 11.5 Å². The maximum Gasteiger partial charge on any atom is 0.323 e. The average Bonchev–Trinajstić information content (AvgIpc) is 3.51. The standard InChI is InChI=1S/C30H25N5O6/c31-14-23-12-20(9-10-32-23)18-39-26-13-27(29-28(34-41-35-29)24(26)15-33-25(16-36)30(37)38)40-17-19-5-4-8-22(11-19)21-6-2-1-3-7-21/h1-13,25,33,36H,15-18H2,(H,37,38). The average molecular weight is 552 g/mol. The van der Waals surface area contributed by atoms with Gasteiger partial charge in [-0.3, -0.25) is 10.1 Å². The summed E-state index contributed by atoms with van der Waals surface area (Å²) in [5, 5.41) is 38.8. The van der Waals surface area contributed by atoms with Gasteiger partial charge in [0.05, 0.1) is 6.61 Å². The molecule has 0 aliphatic carbocycles. The Balaban J connectivity index is 1.44. The predicted molar refractivity (Wildman–Crippen MR) is 147 cm³/mol. The molecule has 1 unspecified atom stereocenters. The smallest absolute Gasteiger partial charge is 0.323 e. The fourth-order valence-corrected chi connectivity index (χ4v) is 4.22. The van der Waals surface area contributed by atoms with Gasteiger partial charge < -0.3 is 19.7 Å². The van der Waals surface area contributed by atoms with E-state index >= 15 is 0 Å². The molecule has 5 rings (SSSR count). The number of aromatic nitrogens is 3. The number of fused-ring (bicyclic) bond motifs is 1. The fraction of sp³-hybridized carbons (Fsp3) is 0.167. The maximum atomic E-state index is 11.5. The van der Waals surface area contributed by atoms with Crippen molar-refractivity contribution in [2.75, 3.05) is 6.61 Å². The number of nitrogens with zero attached hydrogens (tertiary/aromatic N) is 4. The van der Waals surface area contributed by atoms with E-state index in [-0.39, 0.29) is 25.5 Å². The van der Waals surface area contributed by atoms with Crippen molar-refractivity contribution in [3.63, 3.8) is 0 Å². The van der Waals surface area contributed by atoms with Crippen LogP contribution in [-0.2, 0) is 24.6 Å². The van der Waals surface area contributed by atoms with E-state index in [0.717, 1.165) is 16.7 Å². The van der Waals surface area contributed by atoms with Gasteiger partial charge in [0.1, 0.15) is 42.3 Å². The zero-order valence-electron chi connectivity index (χ0n) is 21.7. The highest BCUT2D eigenvalue weighted by atomic mass is 16.6. The molecule has 11 heteroatoms. The number of ether oxygens (including phenoxy) is 2. The molecule has 0 saturated carbocycles. The molecule has 41 heavy (non-hydrogen) atoms. The summed E-state index contributed by atoms with van der Waals surface area (Å²) in [4.78, 5) is 15.4. The van der Waals surface area contributed by atoms with Crippen molar-refractivity contribution in [1.82, 2.24) is 20.6 Å². The highest BCUT2D eigenvalue weighted by molar-refractivity contribution is 5.86. The van der Waals surface area contributed by atoms with Gasteiger partial charge in [0.15, 0.2) is 11.3 Å². The van der Waals surface area contributed by atoms with E-state index in [1.54, 1.807) is 18.2 Å². The van der Waals surface area contributed by atoms with E-state index in [2.05, 4.69) is 20.6 Å². The van der Waals surface area contributed by atoms with Crippen molar-refractivity contribution in [3.05, 3.63) is 101 Å². The third-order valence-electron chi connectivity index (χ3n) is 6.33. The van der Waals surface area contributed by atoms with Crippen molar-refractivity contribution < 1.29 is 29.1 Å². The monoisotopic (exact) mass is 551 g/mol. The number of aliphatic hydroxyl groups excluding tert-OH is 1. The molecule has 0 aliphatic heterocycles. The van der Waals surface area contributed by atoms with Crippen LogP contribution in [0, 0.1) is 11.3 Å². The molecule has 0 saturated heterocycles. The molecule has 0 radical (unpaired) electrons. The van der Waals surface area contributed by atoms with Gasteiger partial charge in [0.25, 0.3) is 0 Å². The van der Waals surface area contributed by atoms with Gasteiger partial charge in [-0.1, -0.05) is 48.5 Å². The third kappa shape index (κ3) is 6.47. The van der Waals surface area contributed by atoms with Crippen LogP contribution in [0.1, 0.15) is 22.4 Å². The molecule has 0 bridgehead atoms. The van der Waals surface area contributed by atoms with Gasteiger partial charge in [-0.15, -0.1) is 0 Å². The molecule has 1 atom stereocenters. The number of carbonyl (C=O) groups is 1. The Kier molecular flexibility index (Phi) is 8.44. The third-order valence-corrected chi connectivity index (χ3v) is 6.33. The lowest BCUT2D eigenvalue weighted by molar-refractivity contribution is -0.140. The lowest BCUT2D eigenvalue weighted by Crippen LogP contribution is -2.39. The number of carboxylic acids is 1. The number of hydrogen-bond acceptors (Lipinski definition) is 10. The number of nitrogens with one attached hydrogen (secondary N) is 1. The molecule has 0 aliphatic rings. The van der Waals surface area contributed by atoms with Gasteiger partial charge in [0, 0.05) is 24.4 Å². The van der Waals surface area contributed by atoms with Gasteiger partial charge >= 0.3 is 5.97 Å². The van der Waals surface area contributed by atoms with Crippen LogP contribution in [0.25, 0.3) is 22.2 Å². The Bertz CT molecular complexity index is 1700. The van der Waals surface area contributed by atoms with Crippen molar-refractivity contribution >= 4 is 17.0 Å². The van der Waals surface area contributed by atoms with Crippen molar-refractivity contribution in [2.45, 2.75) is 25.8 Å². The van der Waals surface area contributed by atoms with E-state index in [1.165, 1.54) is 6.20 Å². The number of rotatable bonds is 12. The summed E-state index contributed by atoms with van der Waals surface area (Å²) in [6.45, 7) is -0.317. The number of benzene rings is 3. The summed E-state index contributed by atoms with van der Waals surface area (Å²) in [7, 11) is 0. The summed E-state index contributed by atoms with van der Waals surface area (Å²) in [6.07, 6.45) is 1.52. The van der Waals surface area contributed by atoms with Gasteiger partial charge in [0.2, 0.25) is 0 Å². The van der Waals surface area contributed by atoms with E-state index in [0.29, 0.717) is 33.7 Å². The number of aliphatic hydroxyl groups is 1. The lowest BCUT2D eigenvalue weighted by Gasteiger charge is -2.17. The number of hydrogen-bond donors (Lipinski definition) is 3. The summed E-state index contributed by atoms with van der Waals surface area (Å²) < 4.78 is 17.3. The van der Waals surface area contributed by atoms with Crippen molar-refractivity contribution in [1.29, 1.82) is 5.26 Å². The number of nitriles is 1. The number of pyridine rings is 1. The van der Waals surface area contributed by atoms with Crippen LogP contribution in [-0.4, -0.2) is 44.1 Å². The Labute approximate surface area is 234 Å². The zero-order valence-corrected chi connectivity index (χ0v) is 21.7. The number of carboxylic acid groups (broad SMARTS) is 1. The minimum absolute atomic E-state index is 0.0171. The molecule has 3 N–H and O–H groups in total. The Morgan fingerprint density at radius 3 is 2.41 bits per heavy atom. The van der Waals surface area contributed by atoms with Crippen LogP contribution in [0.3, 0.4) is 0 Å².